The number of nitrogens with one attached hydrogen (secondary N) is 1. The molecule has 0 radical (unpaired) electrons. The fourth-order valence-electron chi connectivity index (χ4n) is 1.95. The summed E-state index contributed by atoms with van der Waals surface area (Å²) >= 11 is 0. The summed E-state index contributed by atoms with van der Waals surface area (Å²) in [5, 5.41) is 13.2. The summed E-state index contributed by atoms with van der Waals surface area (Å²) in [6, 6.07) is 10.3. The fourth-order valence-corrected chi connectivity index (χ4v) is 1.95. The van der Waals surface area contributed by atoms with E-state index in [1.165, 1.54) is 23.3 Å². The van der Waals surface area contributed by atoms with Gasteiger partial charge in [-0.3, -0.25) is 0 Å². The Labute approximate surface area is 118 Å². The van der Waals surface area contributed by atoms with Crippen LogP contribution in [0.15, 0.2) is 36.4 Å². The van der Waals surface area contributed by atoms with Crippen molar-refractivity contribution >= 4 is 11.4 Å². The summed E-state index contributed by atoms with van der Waals surface area (Å²) in [4.78, 5) is 0. The number of hydrogen-bond acceptors (Lipinski definition) is 3. The van der Waals surface area contributed by atoms with E-state index in [0.29, 0.717) is 12.1 Å². The third-order valence-electron chi connectivity index (χ3n) is 3.41. The highest BCUT2D eigenvalue weighted by Gasteiger charge is 2.09. The maximum absolute atomic E-state index is 13.1. The molecule has 1 unspecified atom stereocenters. The van der Waals surface area contributed by atoms with Gasteiger partial charge < -0.3 is 16.2 Å². The highest BCUT2D eigenvalue weighted by molar-refractivity contribution is 5.49. The summed E-state index contributed by atoms with van der Waals surface area (Å²) < 4.78 is 13.1. The molecule has 0 spiro atoms. The Morgan fingerprint density at radius 1 is 1.15 bits per heavy atom. The predicted molar refractivity (Wildman–Crippen MR) is 80.2 cm³/mol. The SMILES string of the molecule is Cc1ccc(NCC(O)c2ccc(F)c(N)c2)cc1C. The van der Waals surface area contributed by atoms with Crippen molar-refractivity contribution in [1.82, 2.24) is 0 Å². The number of hydrogen-bond donors (Lipinski definition) is 3. The van der Waals surface area contributed by atoms with Crippen LogP contribution in [0.25, 0.3) is 0 Å². The van der Waals surface area contributed by atoms with E-state index in [1.807, 2.05) is 25.1 Å². The Hall–Kier alpha value is -2.07. The molecule has 4 N–H and O–H groups in total. The van der Waals surface area contributed by atoms with Gasteiger partial charge in [0.2, 0.25) is 0 Å². The Kier molecular flexibility index (Phi) is 4.25. The van der Waals surface area contributed by atoms with Gasteiger partial charge in [-0.15, -0.1) is 0 Å². The molecule has 2 rings (SSSR count). The number of aryl methyl sites for hydroxylation is 2. The number of benzene rings is 2. The van der Waals surface area contributed by atoms with E-state index >= 15 is 0 Å². The molecule has 0 amide bonds. The van der Waals surface area contributed by atoms with Gasteiger partial charge in [-0.25, -0.2) is 4.39 Å². The van der Waals surface area contributed by atoms with E-state index in [9.17, 15) is 9.50 Å². The molecule has 2 aromatic carbocycles. The Bertz CT molecular complexity index is 613. The first kappa shape index (κ1) is 14.3. The molecule has 2 aromatic rings. The number of anilines is 2. The highest BCUT2D eigenvalue weighted by Crippen LogP contribution is 2.20. The van der Waals surface area contributed by atoms with Crippen LogP contribution in [-0.2, 0) is 0 Å². The Balaban J connectivity index is 2.02. The van der Waals surface area contributed by atoms with Crippen molar-refractivity contribution in [3.8, 4) is 0 Å². The molecule has 0 saturated carbocycles. The molecule has 0 fully saturated rings. The molecule has 0 saturated heterocycles. The minimum atomic E-state index is -0.737. The van der Waals surface area contributed by atoms with Crippen LogP contribution in [0.2, 0.25) is 0 Å². The second kappa shape index (κ2) is 5.92. The molecule has 1 atom stereocenters. The molecular formula is C16H19FN2O. The molecule has 0 aliphatic rings. The van der Waals surface area contributed by atoms with Crippen molar-refractivity contribution in [3.05, 3.63) is 58.9 Å². The first-order chi connectivity index (χ1) is 9.47. The fraction of sp³-hybridized carbons (Fsp3) is 0.250. The first-order valence-corrected chi connectivity index (χ1v) is 6.51. The van der Waals surface area contributed by atoms with Crippen molar-refractivity contribution in [2.75, 3.05) is 17.6 Å². The van der Waals surface area contributed by atoms with Gasteiger partial charge in [-0.05, 0) is 54.8 Å². The quantitative estimate of drug-likeness (QED) is 0.751. The van der Waals surface area contributed by atoms with Gasteiger partial charge in [0.15, 0.2) is 0 Å². The molecule has 0 heterocycles. The van der Waals surface area contributed by atoms with Crippen molar-refractivity contribution in [1.29, 1.82) is 0 Å². The lowest BCUT2D eigenvalue weighted by molar-refractivity contribution is 0.191. The van der Waals surface area contributed by atoms with Crippen LogP contribution in [0.3, 0.4) is 0 Å². The normalized spacial score (nSPS) is 12.2. The molecule has 0 aliphatic carbocycles. The number of aliphatic hydroxyl groups is 1. The largest absolute Gasteiger partial charge is 0.396 e. The topological polar surface area (TPSA) is 58.3 Å². The number of nitrogen functional groups attached to an aromatic ring is 1. The first-order valence-electron chi connectivity index (χ1n) is 6.51. The van der Waals surface area contributed by atoms with Gasteiger partial charge in [0, 0.05) is 12.2 Å². The second-order valence-corrected chi connectivity index (χ2v) is 4.98. The van der Waals surface area contributed by atoms with Crippen LogP contribution < -0.4 is 11.1 Å². The minimum absolute atomic E-state index is 0.0488. The molecule has 4 heteroatoms. The lowest BCUT2D eigenvalue weighted by Gasteiger charge is -2.14. The van der Waals surface area contributed by atoms with Crippen LogP contribution in [0.5, 0.6) is 0 Å². The lowest BCUT2D eigenvalue weighted by Crippen LogP contribution is -2.12. The summed E-state index contributed by atoms with van der Waals surface area (Å²) in [7, 11) is 0. The molecule has 0 aromatic heterocycles. The van der Waals surface area contributed by atoms with E-state index in [-0.39, 0.29) is 5.69 Å². The summed E-state index contributed by atoms with van der Waals surface area (Å²) in [6.45, 7) is 4.43. The summed E-state index contributed by atoms with van der Waals surface area (Å²) in [6.07, 6.45) is -0.737. The van der Waals surface area contributed by atoms with Crippen LogP contribution >= 0.6 is 0 Å². The lowest BCUT2D eigenvalue weighted by atomic mass is 10.1. The van der Waals surface area contributed by atoms with Crippen LogP contribution in [0, 0.1) is 19.7 Å². The van der Waals surface area contributed by atoms with Crippen LogP contribution in [-0.4, -0.2) is 11.7 Å². The van der Waals surface area contributed by atoms with Gasteiger partial charge in [0.05, 0.1) is 11.8 Å². The standard InChI is InChI=1S/C16H19FN2O/c1-10-3-5-13(7-11(10)2)19-9-16(20)12-4-6-14(17)15(18)8-12/h3-8,16,19-20H,9,18H2,1-2H3. The number of nitrogens with two attached hydrogens (primary N) is 1. The third-order valence-corrected chi connectivity index (χ3v) is 3.41. The van der Waals surface area contributed by atoms with Gasteiger partial charge >= 0.3 is 0 Å². The number of halogens is 1. The average Bonchev–Trinajstić information content (AvgIpc) is 2.43. The van der Waals surface area contributed by atoms with Crippen LogP contribution in [0.1, 0.15) is 22.8 Å². The third kappa shape index (κ3) is 3.27. The highest BCUT2D eigenvalue weighted by atomic mass is 19.1. The van der Waals surface area contributed by atoms with E-state index in [2.05, 4.69) is 12.2 Å². The molecule has 106 valence electrons. The van der Waals surface area contributed by atoms with Crippen LogP contribution in [0.4, 0.5) is 15.8 Å². The summed E-state index contributed by atoms with van der Waals surface area (Å²) in [5.41, 5.74) is 9.50. The van der Waals surface area contributed by atoms with E-state index in [4.69, 9.17) is 5.73 Å². The van der Waals surface area contributed by atoms with Crippen molar-refractivity contribution in [2.24, 2.45) is 0 Å². The van der Waals surface area contributed by atoms with E-state index in [1.54, 1.807) is 6.07 Å². The second-order valence-electron chi connectivity index (χ2n) is 4.98. The Morgan fingerprint density at radius 2 is 1.90 bits per heavy atom. The Morgan fingerprint density at radius 3 is 2.55 bits per heavy atom. The van der Waals surface area contributed by atoms with Gasteiger partial charge in [0.25, 0.3) is 0 Å². The van der Waals surface area contributed by atoms with Gasteiger partial charge in [0.1, 0.15) is 5.82 Å². The molecule has 3 nitrogen and oxygen atoms in total. The zero-order valence-corrected chi connectivity index (χ0v) is 11.7. The maximum atomic E-state index is 13.1. The minimum Gasteiger partial charge on any atom is -0.396 e. The zero-order valence-electron chi connectivity index (χ0n) is 11.7. The monoisotopic (exact) mass is 274 g/mol. The van der Waals surface area contributed by atoms with Crippen molar-refractivity contribution in [2.45, 2.75) is 20.0 Å². The van der Waals surface area contributed by atoms with Gasteiger partial charge in [-0.1, -0.05) is 12.1 Å². The zero-order chi connectivity index (χ0) is 14.7. The number of aliphatic hydroxyl groups excluding tert-OH is 1. The smallest absolute Gasteiger partial charge is 0.146 e. The van der Waals surface area contributed by atoms with E-state index in [0.717, 1.165) is 5.69 Å². The van der Waals surface area contributed by atoms with E-state index < -0.39 is 11.9 Å². The molecule has 0 bridgehead atoms. The summed E-state index contributed by atoms with van der Waals surface area (Å²) in [5.74, 6) is -0.469. The average molecular weight is 274 g/mol. The molecule has 0 aliphatic heterocycles. The molecule has 20 heavy (non-hydrogen) atoms. The number of rotatable bonds is 4. The van der Waals surface area contributed by atoms with Crippen molar-refractivity contribution < 1.29 is 9.50 Å². The van der Waals surface area contributed by atoms with Crippen molar-refractivity contribution in [3.63, 3.8) is 0 Å². The maximum Gasteiger partial charge on any atom is 0.146 e. The predicted octanol–water partition coefficient (Wildman–Crippen LogP) is 3.17. The molecular weight excluding hydrogens is 255 g/mol. The van der Waals surface area contributed by atoms with Gasteiger partial charge in [-0.2, -0.15) is 0 Å².